The third-order valence-corrected chi connectivity index (χ3v) is 7.25. The van der Waals surface area contributed by atoms with Gasteiger partial charge >= 0.3 is 0 Å². The standard InChI is InChI=1S/C22H18Cl3FN2O3S/c1-14-2-7-18(26)11-21(14)27-22(29)13-28(12-15-3-4-17(24)10-20(15)25)32(30,31)19-8-5-16(23)6-9-19/h2-11H,12-13H2,1H3,(H,27,29). The van der Waals surface area contributed by atoms with Crippen molar-refractivity contribution in [2.24, 2.45) is 0 Å². The van der Waals surface area contributed by atoms with Gasteiger partial charge in [0.25, 0.3) is 0 Å². The first-order chi connectivity index (χ1) is 15.1. The Labute approximate surface area is 200 Å². The Bertz CT molecular complexity index is 1250. The number of hydrogen-bond acceptors (Lipinski definition) is 3. The highest BCUT2D eigenvalue weighted by Gasteiger charge is 2.28. The van der Waals surface area contributed by atoms with Crippen LogP contribution in [0, 0.1) is 12.7 Å². The van der Waals surface area contributed by atoms with Gasteiger partial charge in [-0.15, -0.1) is 0 Å². The monoisotopic (exact) mass is 514 g/mol. The third kappa shape index (κ3) is 5.99. The fourth-order valence-corrected chi connectivity index (χ4v) is 4.87. The number of hydrogen-bond donors (Lipinski definition) is 1. The summed E-state index contributed by atoms with van der Waals surface area (Å²) < 4.78 is 41.2. The zero-order valence-corrected chi connectivity index (χ0v) is 19.9. The molecule has 3 aromatic rings. The van der Waals surface area contributed by atoms with Crippen LogP contribution in [0.3, 0.4) is 0 Å². The molecule has 1 N–H and O–H groups in total. The molecular weight excluding hydrogens is 498 g/mol. The molecule has 168 valence electrons. The Morgan fingerprint density at radius 2 is 1.62 bits per heavy atom. The number of sulfonamides is 1. The number of amides is 1. The summed E-state index contributed by atoms with van der Waals surface area (Å²) >= 11 is 18.0. The number of nitrogens with zero attached hydrogens (tertiary/aromatic N) is 1. The average molecular weight is 516 g/mol. The molecule has 32 heavy (non-hydrogen) atoms. The lowest BCUT2D eigenvalue weighted by atomic mass is 10.2. The SMILES string of the molecule is Cc1ccc(F)cc1NC(=O)CN(Cc1ccc(Cl)cc1Cl)S(=O)(=O)c1ccc(Cl)cc1. The van der Waals surface area contributed by atoms with E-state index in [9.17, 15) is 17.6 Å². The number of carbonyl (C=O) groups is 1. The maximum Gasteiger partial charge on any atom is 0.243 e. The van der Waals surface area contributed by atoms with Gasteiger partial charge < -0.3 is 5.32 Å². The molecule has 0 saturated carbocycles. The topological polar surface area (TPSA) is 66.5 Å². The van der Waals surface area contributed by atoms with Gasteiger partial charge in [0.05, 0.1) is 11.4 Å². The van der Waals surface area contributed by atoms with Gasteiger partial charge in [-0.05, 0) is 66.6 Å². The number of halogens is 4. The fourth-order valence-electron chi connectivity index (χ4n) is 2.90. The molecule has 5 nitrogen and oxygen atoms in total. The van der Waals surface area contributed by atoms with Crippen molar-refractivity contribution in [2.75, 3.05) is 11.9 Å². The highest BCUT2D eigenvalue weighted by molar-refractivity contribution is 7.89. The van der Waals surface area contributed by atoms with E-state index in [1.165, 1.54) is 48.5 Å². The summed E-state index contributed by atoms with van der Waals surface area (Å²) in [4.78, 5) is 12.7. The van der Waals surface area contributed by atoms with E-state index in [0.29, 0.717) is 21.2 Å². The van der Waals surface area contributed by atoms with Gasteiger partial charge in [0.15, 0.2) is 0 Å². The van der Waals surface area contributed by atoms with Crippen molar-refractivity contribution in [2.45, 2.75) is 18.4 Å². The lowest BCUT2D eigenvalue weighted by molar-refractivity contribution is -0.116. The van der Waals surface area contributed by atoms with Crippen molar-refractivity contribution in [1.82, 2.24) is 4.31 Å². The predicted octanol–water partition coefficient (Wildman–Crippen LogP) is 5.92. The maximum absolute atomic E-state index is 13.6. The number of nitrogens with one attached hydrogen (secondary N) is 1. The minimum absolute atomic E-state index is 0.0401. The van der Waals surface area contributed by atoms with Crippen LogP contribution in [0.1, 0.15) is 11.1 Å². The summed E-state index contributed by atoms with van der Waals surface area (Å²) in [5.74, 6) is -1.16. The number of rotatable bonds is 7. The van der Waals surface area contributed by atoms with Crippen molar-refractivity contribution in [3.8, 4) is 0 Å². The minimum atomic E-state index is -4.10. The molecule has 3 aromatic carbocycles. The number of carbonyl (C=O) groups excluding carboxylic acids is 1. The molecule has 0 atom stereocenters. The summed E-state index contributed by atoms with van der Waals surface area (Å²) in [5, 5.41) is 3.59. The molecule has 0 unspecified atom stereocenters. The van der Waals surface area contributed by atoms with Crippen LogP contribution in [0.5, 0.6) is 0 Å². The molecule has 0 radical (unpaired) electrons. The molecule has 0 spiro atoms. The van der Waals surface area contributed by atoms with E-state index in [1.54, 1.807) is 19.1 Å². The Hall–Kier alpha value is -2.16. The molecule has 0 heterocycles. The van der Waals surface area contributed by atoms with Gasteiger partial charge in [-0.3, -0.25) is 4.79 Å². The molecule has 3 rings (SSSR count). The van der Waals surface area contributed by atoms with Crippen LogP contribution < -0.4 is 5.32 Å². The maximum atomic E-state index is 13.6. The second kappa shape index (κ2) is 10.2. The summed E-state index contributed by atoms with van der Waals surface area (Å²) in [5.41, 5.74) is 1.35. The van der Waals surface area contributed by atoms with E-state index in [-0.39, 0.29) is 22.2 Å². The molecule has 1 amide bonds. The predicted molar refractivity (Wildman–Crippen MR) is 125 cm³/mol. The van der Waals surface area contributed by atoms with E-state index >= 15 is 0 Å². The highest BCUT2D eigenvalue weighted by atomic mass is 35.5. The van der Waals surface area contributed by atoms with Gasteiger partial charge in [-0.1, -0.05) is 46.9 Å². The van der Waals surface area contributed by atoms with Crippen LogP contribution in [-0.4, -0.2) is 25.2 Å². The van der Waals surface area contributed by atoms with Gasteiger partial charge in [0.1, 0.15) is 5.82 Å². The van der Waals surface area contributed by atoms with E-state index < -0.39 is 28.3 Å². The Morgan fingerprint density at radius 1 is 0.969 bits per heavy atom. The molecule has 0 aliphatic carbocycles. The zero-order valence-electron chi connectivity index (χ0n) is 16.8. The van der Waals surface area contributed by atoms with E-state index in [1.807, 2.05) is 0 Å². The van der Waals surface area contributed by atoms with E-state index in [2.05, 4.69) is 5.32 Å². The van der Waals surface area contributed by atoms with Crippen LogP contribution >= 0.6 is 34.8 Å². The van der Waals surface area contributed by atoms with E-state index in [0.717, 1.165) is 4.31 Å². The van der Waals surface area contributed by atoms with Crippen LogP contribution in [-0.2, 0) is 21.4 Å². The molecular formula is C22H18Cl3FN2O3S. The molecule has 0 saturated heterocycles. The fraction of sp³-hybridized carbons (Fsp3) is 0.136. The van der Waals surface area contributed by atoms with Crippen molar-refractivity contribution in [1.29, 1.82) is 0 Å². The van der Waals surface area contributed by atoms with Crippen molar-refractivity contribution in [3.63, 3.8) is 0 Å². The summed E-state index contributed by atoms with van der Waals surface area (Å²) in [6, 6.07) is 14.2. The molecule has 0 aliphatic rings. The number of aryl methyl sites for hydroxylation is 1. The first kappa shape index (κ1) is 24.5. The van der Waals surface area contributed by atoms with Gasteiger partial charge in [0.2, 0.25) is 15.9 Å². The normalized spacial score (nSPS) is 11.6. The molecule has 0 aliphatic heterocycles. The van der Waals surface area contributed by atoms with Crippen LogP contribution in [0.25, 0.3) is 0 Å². The van der Waals surface area contributed by atoms with Crippen LogP contribution in [0.2, 0.25) is 15.1 Å². The van der Waals surface area contributed by atoms with Crippen molar-refractivity contribution in [3.05, 3.63) is 92.7 Å². The lowest BCUT2D eigenvalue weighted by Crippen LogP contribution is -2.37. The summed E-state index contributed by atoms with van der Waals surface area (Å²) in [6.07, 6.45) is 0. The Morgan fingerprint density at radius 3 is 2.28 bits per heavy atom. The Balaban J connectivity index is 1.93. The Kier molecular flexibility index (Phi) is 7.79. The molecule has 10 heteroatoms. The lowest BCUT2D eigenvalue weighted by Gasteiger charge is -2.23. The molecule has 0 aromatic heterocycles. The second-order valence-electron chi connectivity index (χ2n) is 6.97. The smallest absolute Gasteiger partial charge is 0.243 e. The van der Waals surface area contributed by atoms with Crippen molar-refractivity contribution < 1.29 is 17.6 Å². The molecule has 0 fully saturated rings. The van der Waals surface area contributed by atoms with Crippen LogP contribution in [0.15, 0.2) is 65.6 Å². The van der Waals surface area contributed by atoms with E-state index in [4.69, 9.17) is 34.8 Å². The zero-order chi connectivity index (χ0) is 23.5. The molecule has 0 bridgehead atoms. The quantitative estimate of drug-likeness (QED) is 0.424. The summed E-state index contributed by atoms with van der Waals surface area (Å²) in [6.45, 7) is 0.987. The van der Waals surface area contributed by atoms with Gasteiger partial charge in [0, 0.05) is 27.3 Å². The third-order valence-electron chi connectivity index (χ3n) is 4.61. The second-order valence-corrected chi connectivity index (χ2v) is 10.2. The average Bonchev–Trinajstić information content (AvgIpc) is 2.72. The number of benzene rings is 3. The number of anilines is 1. The first-order valence-electron chi connectivity index (χ1n) is 9.32. The van der Waals surface area contributed by atoms with Crippen molar-refractivity contribution >= 4 is 56.4 Å². The minimum Gasteiger partial charge on any atom is -0.325 e. The van der Waals surface area contributed by atoms with Gasteiger partial charge in [-0.2, -0.15) is 4.31 Å². The largest absolute Gasteiger partial charge is 0.325 e. The highest BCUT2D eigenvalue weighted by Crippen LogP contribution is 2.26. The van der Waals surface area contributed by atoms with Crippen LogP contribution in [0.4, 0.5) is 10.1 Å². The summed E-state index contributed by atoms with van der Waals surface area (Å²) in [7, 11) is -4.10. The van der Waals surface area contributed by atoms with Gasteiger partial charge in [-0.25, -0.2) is 12.8 Å². The first-order valence-corrected chi connectivity index (χ1v) is 11.9.